The van der Waals surface area contributed by atoms with Crippen molar-refractivity contribution in [2.24, 2.45) is 5.92 Å². The van der Waals surface area contributed by atoms with Crippen molar-refractivity contribution >= 4 is 28.2 Å². The van der Waals surface area contributed by atoms with Gasteiger partial charge in [-0.25, -0.2) is 4.39 Å². The van der Waals surface area contributed by atoms with E-state index < -0.39 is 5.82 Å². The molecule has 1 fully saturated rings. The van der Waals surface area contributed by atoms with Crippen LogP contribution in [0.1, 0.15) is 45.4 Å². The van der Waals surface area contributed by atoms with Crippen molar-refractivity contribution in [3.8, 4) is 0 Å². The lowest BCUT2D eigenvalue weighted by atomic mass is 10.1. The summed E-state index contributed by atoms with van der Waals surface area (Å²) in [7, 11) is 1.83. The smallest absolute Gasteiger partial charge is 0.264 e. The number of rotatable bonds is 5. The fraction of sp³-hybridized carbons (Fsp3) is 0.368. The predicted molar refractivity (Wildman–Crippen MR) is 97.7 cm³/mol. The quantitative estimate of drug-likeness (QED) is 0.863. The molecule has 2 aromatic rings. The average molecular weight is 360 g/mol. The van der Waals surface area contributed by atoms with Gasteiger partial charge in [-0.05, 0) is 62.4 Å². The van der Waals surface area contributed by atoms with E-state index in [2.05, 4.69) is 12.2 Å². The first kappa shape index (κ1) is 17.6. The number of aryl methyl sites for hydroxylation is 1. The highest BCUT2D eigenvalue weighted by Gasteiger charge is 2.33. The van der Waals surface area contributed by atoms with E-state index in [1.54, 1.807) is 17.0 Å². The molecule has 6 heteroatoms. The van der Waals surface area contributed by atoms with Crippen LogP contribution in [-0.2, 0) is 0 Å². The van der Waals surface area contributed by atoms with Crippen molar-refractivity contribution in [1.29, 1.82) is 0 Å². The van der Waals surface area contributed by atoms with Gasteiger partial charge < -0.3 is 10.2 Å². The van der Waals surface area contributed by atoms with E-state index >= 15 is 0 Å². The zero-order valence-corrected chi connectivity index (χ0v) is 15.3. The zero-order valence-electron chi connectivity index (χ0n) is 14.5. The topological polar surface area (TPSA) is 49.4 Å². The number of halogens is 1. The second-order valence-electron chi connectivity index (χ2n) is 6.58. The summed E-state index contributed by atoms with van der Waals surface area (Å²) < 4.78 is 13.2. The Bertz CT molecular complexity index is 814. The molecule has 1 heterocycles. The highest BCUT2D eigenvalue weighted by Crippen LogP contribution is 2.36. The van der Waals surface area contributed by atoms with E-state index in [1.165, 1.54) is 42.4 Å². The van der Waals surface area contributed by atoms with Crippen LogP contribution >= 0.6 is 11.3 Å². The third-order valence-corrected chi connectivity index (χ3v) is 5.81. The Labute approximate surface area is 150 Å². The summed E-state index contributed by atoms with van der Waals surface area (Å²) in [6.45, 7) is 3.93. The van der Waals surface area contributed by atoms with Gasteiger partial charge in [-0.15, -0.1) is 11.3 Å². The van der Waals surface area contributed by atoms with Crippen molar-refractivity contribution in [3.63, 3.8) is 0 Å². The molecule has 2 amide bonds. The molecule has 1 aromatic heterocycles. The minimum atomic E-state index is -0.457. The van der Waals surface area contributed by atoms with E-state index in [0.29, 0.717) is 15.8 Å². The number of carbonyl (C=O) groups excluding carboxylic acids is 2. The van der Waals surface area contributed by atoms with Gasteiger partial charge in [0.05, 0.1) is 9.88 Å². The molecular weight excluding hydrogens is 339 g/mol. The Morgan fingerprint density at radius 2 is 2.04 bits per heavy atom. The van der Waals surface area contributed by atoms with Gasteiger partial charge >= 0.3 is 0 Å². The molecule has 132 valence electrons. The highest BCUT2D eigenvalue weighted by molar-refractivity contribution is 7.18. The number of hydrogen-bond donors (Lipinski definition) is 1. The fourth-order valence-electron chi connectivity index (χ4n) is 2.81. The van der Waals surface area contributed by atoms with Crippen LogP contribution in [0.4, 0.5) is 9.39 Å². The van der Waals surface area contributed by atoms with E-state index in [-0.39, 0.29) is 23.4 Å². The monoisotopic (exact) mass is 360 g/mol. The van der Waals surface area contributed by atoms with Gasteiger partial charge in [0.2, 0.25) is 0 Å². The Hall–Kier alpha value is -2.21. The molecule has 1 unspecified atom stereocenters. The standard InChI is InChI=1S/C19H21FN2O2S/c1-11-9-16(21-18(23)14-5-4-6-15(20)10-14)25-17(11)19(24)22(3)12(2)13-7-8-13/h4-6,9-10,12-13H,7-8H2,1-3H3,(H,21,23). The molecule has 1 atom stereocenters. The third kappa shape index (κ3) is 3.90. The molecule has 1 aromatic carbocycles. The minimum absolute atomic E-state index is 0.0202. The number of anilines is 1. The van der Waals surface area contributed by atoms with Gasteiger partial charge in [-0.3, -0.25) is 9.59 Å². The number of amides is 2. The molecule has 0 aliphatic heterocycles. The summed E-state index contributed by atoms with van der Waals surface area (Å²) in [5, 5.41) is 3.33. The first-order chi connectivity index (χ1) is 11.9. The van der Waals surface area contributed by atoms with Crippen LogP contribution in [0.5, 0.6) is 0 Å². The van der Waals surface area contributed by atoms with Crippen LogP contribution in [0, 0.1) is 18.7 Å². The SMILES string of the molecule is Cc1cc(NC(=O)c2cccc(F)c2)sc1C(=O)N(C)C(C)C1CC1. The minimum Gasteiger partial charge on any atom is -0.338 e. The third-order valence-electron chi connectivity index (χ3n) is 4.67. The molecule has 1 aliphatic rings. The van der Waals surface area contributed by atoms with E-state index in [1.807, 2.05) is 14.0 Å². The first-order valence-corrected chi connectivity index (χ1v) is 9.13. The number of thiophene rings is 1. The summed E-state index contributed by atoms with van der Waals surface area (Å²) >= 11 is 1.26. The van der Waals surface area contributed by atoms with Crippen LogP contribution < -0.4 is 5.32 Å². The van der Waals surface area contributed by atoms with Gasteiger partial charge in [0.1, 0.15) is 5.82 Å². The summed E-state index contributed by atoms with van der Waals surface area (Å²) in [5.41, 5.74) is 1.08. The van der Waals surface area contributed by atoms with Crippen LogP contribution in [-0.4, -0.2) is 29.8 Å². The van der Waals surface area contributed by atoms with Crippen LogP contribution in [0.25, 0.3) is 0 Å². The molecule has 0 spiro atoms. The lowest BCUT2D eigenvalue weighted by Crippen LogP contribution is -2.36. The Balaban J connectivity index is 1.73. The molecule has 3 rings (SSSR count). The van der Waals surface area contributed by atoms with Crippen LogP contribution in [0.15, 0.2) is 30.3 Å². The molecule has 0 saturated heterocycles. The van der Waals surface area contributed by atoms with Crippen molar-refractivity contribution in [2.45, 2.75) is 32.7 Å². The Kier molecular flexibility index (Phi) is 4.90. The number of nitrogens with zero attached hydrogens (tertiary/aromatic N) is 1. The average Bonchev–Trinajstić information content (AvgIpc) is 3.36. The van der Waals surface area contributed by atoms with Gasteiger partial charge in [0, 0.05) is 18.7 Å². The Morgan fingerprint density at radius 3 is 2.68 bits per heavy atom. The number of hydrogen-bond acceptors (Lipinski definition) is 3. The number of carbonyl (C=O) groups is 2. The normalized spacial score (nSPS) is 14.9. The number of nitrogens with one attached hydrogen (secondary N) is 1. The van der Waals surface area contributed by atoms with Crippen molar-refractivity contribution in [2.75, 3.05) is 12.4 Å². The number of benzene rings is 1. The summed E-state index contributed by atoms with van der Waals surface area (Å²) in [5.74, 6) is -0.268. The van der Waals surface area contributed by atoms with Crippen LogP contribution in [0.2, 0.25) is 0 Å². The van der Waals surface area contributed by atoms with Crippen molar-refractivity contribution in [1.82, 2.24) is 4.90 Å². The Morgan fingerprint density at radius 1 is 1.32 bits per heavy atom. The second kappa shape index (κ2) is 6.96. The maximum Gasteiger partial charge on any atom is 0.264 e. The van der Waals surface area contributed by atoms with Gasteiger partial charge in [0.15, 0.2) is 0 Å². The zero-order chi connectivity index (χ0) is 18.1. The fourth-order valence-corrected chi connectivity index (χ4v) is 3.86. The summed E-state index contributed by atoms with van der Waals surface area (Å²) in [4.78, 5) is 27.4. The van der Waals surface area contributed by atoms with Crippen LogP contribution in [0.3, 0.4) is 0 Å². The lowest BCUT2D eigenvalue weighted by molar-refractivity contribution is 0.0731. The van der Waals surface area contributed by atoms with Crippen molar-refractivity contribution in [3.05, 3.63) is 52.2 Å². The van der Waals surface area contributed by atoms with E-state index in [9.17, 15) is 14.0 Å². The summed E-state index contributed by atoms with van der Waals surface area (Å²) in [6, 6.07) is 7.53. The largest absolute Gasteiger partial charge is 0.338 e. The molecular formula is C19H21FN2O2S. The van der Waals surface area contributed by atoms with Crippen molar-refractivity contribution < 1.29 is 14.0 Å². The molecule has 1 aliphatic carbocycles. The first-order valence-electron chi connectivity index (χ1n) is 8.31. The molecule has 1 saturated carbocycles. The van der Waals surface area contributed by atoms with Gasteiger partial charge in [-0.2, -0.15) is 0 Å². The predicted octanol–water partition coefficient (Wildman–Crippen LogP) is 4.32. The lowest BCUT2D eigenvalue weighted by Gasteiger charge is -2.24. The second-order valence-corrected chi connectivity index (χ2v) is 7.63. The maximum atomic E-state index is 13.2. The highest BCUT2D eigenvalue weighted by atomic mass is 32.1. The maximum absolute atomic E-state index is 13.2. The molecule has 25 heavy (non-hydrogen) atoms. The van der Waals surface area contributed by atoms with Gasteiger partial charge in [0.25, 0.3) is 11.8 Å². The molecule has 1 N–H and O–H groups in total. The van der Waals surface area contributed by atoms with E-state index in [0.717, 1.165) is 5.56 Å². The van der Waals surface area contributed by atoms with E-state index in [4.69, 9.17) is 0 Å². The summed E-state index contributed by atoms with van der Waals surface area (Å²) in [6.07, 6.45) is 2.36. The molecule has 4 nitrogen and oxygen atoms in total. The molecule has 0 bridgehead atoms. The molecule has 0 radical (unpaired) electrons. The van der Waals surface area contributed by atoms with Gasteiger partial charge in [-0.1, -0.05) is 6.07 Å².